The Bertz CT molecular complexity index is 960. The number of carbonyl (C=O) groups excluding carboxylic acids is 1. The average molecular weight is 444 g/mol. The lowest BCUT2D eigenvalue weighted by molar-refractivity contribution is -0.144. The second-order valence-corrected chi connectivity index (χ2v) is 10.1. The second kappa shape index (κ2) is 10.7. The topological polar surface area (TPSA) is 63.7 Å². The molecule has 0 aliphatic carbocycles. The fourth-order valence-corrected chi connectivity index (χ4v) is 6.02. The van der Waals surface area contributed by atoms with E-state index >= 15 is 0 Å². The van der Waals surface area contributed by atoms with Gasteiger partial charge in [-0.1, -0.05) is 61.5 Å². The van der Waals surface area contributed by atoms with Gasteiger partial charge < -0.3 is 4.74 Å². The first-order valence-corrected chi connectivity index (χ1v) is 12.0. The third-order valence-corrected chi connectivity index (χ3v) is 8.54. The highest BCUT2D eigenvalue weighted by atomic mass is 32.2. The number of rotatable bonds is 11. The molecule has 2 aromatic carbocycles. The molecule has 2 rings (SSSR count). The van der Waals surface area contributed by atoms with Gasteiger partial charge in [0, 0.05) is 19.0 Å². The summed E-state index contributed by atoms with van der Waals surface area (Å²) in [6.07, 6.45) is 1.48. The van der Waals surface area contributed by atoms with Gasteiger partial charge in [0.15, 0.2) is 9.84 Å². The summed E-state index contributed by atoms with van der Waals surface area (Å²) in [5.41, 5.74) is 1.08. The van der Waals surface area contributed by atoms with Crippen molar-refractivity contribution < 1.29 is 17.9 Å². The predicted molar refractivity (Wildman–Crippen MR) is 124 cm³/mol. The van der Waals surface area contributed by atoms with Crippen LogP contribution < -0.4 is 0 Å². The summed E-state index contributed by atoms with van der Waals surface area (Å²) in [5, 5.41) is 0. The molecule has 0 saturated carbocycles. The molecule has 0 saturated heterocycles. The number of benzene rings is 2. The number of carbonyl (C=O) groups is 1. The molecule has 3 atom stereocenters. The first kappa shape index (κ1) is 24.8. The van der Waals surface area contributed by atoms with Crippen molar-refractivity contribution in [3.63, 3.8) is 0 Å². The lowest BCUT2D eigenvalue weighted by Gasteiger charge is -2.40. The summed E-state index contributed by atoms with van der Waals surface area (Å²) in [4.78, 5) is 14.5. The van der Waals surface area contributed by atoms with Crippen molar-refractivity contribution in [2.45, 2.75) is 42.9 Å². The van der Waals surface area contributed by atoms with E-state index in [1.165, 1.54) is 6.08 Å². The zero-order chi connectivity index (χ0) is 23.1. The fourth-order valence-electron chi connectivity index (χ4n) is 3.86. The highest BCUT2D eigenvalue weighted by Crippen LogP contribution is 2.38. The van der Waals surface area contributed by atoms with E-state index in [2.05, 4.69) is 6.58 Å². The van der Waals surface area contributed by atoms with Gasteiger partial charge in [-0.15, -0.1) is 6.58 Å². The zero-order valence-corrected chi connectivity index (χ0v) is 19.6. The van der Waals surface area contributed by atoms with Crippen LogP contribution >= 0.6 is 0 Å². The SMILES string of the molecule is C=C[C@@](CN(C)[C@@H](C)c1ccccc1)([C@H](C)CC(=O)OCC)S(=O)(=O)c1ccccc1. The van der Waals surface area contributed by atoms with E-state index in [4.69, 9.17) is 4.74 Å². The molecule has 31 heavy (non-hydrogen) atoms. The minimum Gasteiger partial charge on any atom is -0.466 e. The smallest absolute Gasteiger partial charge is 0.306 e. The van der Waals surface area contributed by atoms with Crippen LogP contribution in [0.3, 0.4) is 0 Å². The van der Waals surface area contributed by atoms with Crippen LogP contribution in [-0.4, -0.2) is 44.2 Å². The third kappa shape index (κ3) is 5.43. The average Bonchev–Trinajstić information content (AvgIpc) is 2.77. The largest absolute Gasteiger partial charge is 0.466 e. The Kier molecular flexibility index (Phi) is 8.60. The maximum Gasteiger partial charge on any atom is 0.306 e. The Hall–Kier alpha value is -2.44. The van der Waals surface area contributed by atoms with Crippen LogP contribution in [0.2, 0.25) is 0 Å². The molecule has 0 aliphatic rings. The van der Waals surface area contributed by atoms with Crippen molar-refractivity contribution in [1.29, 1.82) is 0 Å². The van der Waals surface area contributed by atoms with Gasteiger partial charge in [0.2, 0.25) is 0 Å². The molecule has 0 bridgehead atoms. The van der Waals surface area contributed by atoms with Crippen LogP contribution in [0.25, 0.3) is 0 Å². The molecule has 0 spiro atoms. The van der Waals surface area contributed by atoms with E-state index in [1.54, 1.807) is 44.2 Å². The fraction of sp³-hybridized carbons (Fsp3) is 0.400. The Morgan fingerprint density at radius 1 is 1.10 bits per heavy atom. The van der Waals surface area contributed by atoms with Gasteiger partial charge in [0.25, 0.3) is 0 Å². The maximum absolute atomic E-state index is 13.9. The standard InChI is InChI=1S/C25H33NO4S/c1-6-25(20(3)18-24(27)30-7-2,31(28,29)23-16-12-9-13-17-23)19-26(5)21(4)22-14-10-8-11-15-22/h6,8-17,20-21H,1,7,18-19H2,2-5H3/t20-,21+,25-/m1/s1. The first-order valence-electron chi connectivity index (χ1n) is 10.5. The van der Waals surface area contributed by atoms with Gasteiger partial charge in [-0.3, -0.25) is 9.69 Å². The molecule has 0 heterocycles. The number of nitrogens with zero attached hydrogens (tertiary/aromatic N) is 1. The molecule has 0 aromatic heterocycles. The van der Waals surface area contributed by atoms with Crippen LogP contribution in [0.15, 0.2) is 78.2 Å². The van der Waals surface area contributed by atoms with Crippen LogP contribution in [0.4, 0.5) is 0 Å². The van der Waals surface area contributed by atoms with Crippen molar-refractivity contribution in [1.82, 2.24) is 4.90 Å². The van der Waals surface area contributed by atoms with Crippen LogP contribution in [0.1, 0.15) is 38.8 Å². The van der Waals surface area contributed by atoms with Gasteiger partial charge in [-0.05, 0) is 44.5 Å². The lowest BCUT2D eigenvalue weighted by Crippen LogP contribution is -2.52. The van der Waals surface area contributed by atoms with Crippen molar-refractivity contribution in [2.24, 2.45) is 5.92 Å². The summed E-state index contributed by atoms with van der Waals surface area (Å²) in [6.45, 7) is 9.91. The number of sulfone groups is 1. The first-order chi connectivity index (χ1) is 14.7. The molecular formula is C25H33NO4S. The molecule has 168 valence electrons. The monoisotopic (exact) mass is 443 g/mol. The molecular weight excluding hydrogens is 410 g/mol. The Labute approximate surface area is 186 Å². The summed E-state index contributed by atoms with van der Waals surface area (Å²) >= 11 is 0. The number of ether oxygens (including phenoxy) is 1. The normalized spacial score (nSPS) is 15.6. The molecule has 5 nitrogen and oxygen atoms in total. The molecule has 2 aromatic rings. The highest BCUT2D eigenvalue weighted by molar-refractivity contribution is 7.93. The van der Waals surface area contributed by atoms with E-state index in [0.717, 1.165) is 5.56 Å². The molecule has 0 fully saturated rings. The predicted octanol–water partition coefficient (Wildman–Crippen LogP) is 4.67. The molecule has 0 unspecified atom stereocenters. The maximum atomic E-state index is 13.9. The van der Waals surface area contributed by atoms with E-state index in [1.807, 2.05) is 49.2 Å². The number of hydrogen-bond donors (Lipinski definition) is 0. The minimum absolute atomic E-state index is 0.0144. The zero-order valence-electron chi connectivity index (χ0n) is 18.8. The summed E-state index contributed by atoms with van der Waals surface area (Å²) in [5.74, 6) is -0.956. The Balaban J connectivity index is 2.50. The Morgan fingerprint density at radius 3 is 2.16 bits per heavy atom. The van der Waals surface area contributed by atoms with Gasteiger partial charge >= 0.3 is 5.97 Å². The molecule has 0 amide bonds. The molecule has 0 radical (unpaired) electrons. The van der Waals surface area contributed by atoms with Crippen molar-refractivity contribution >= 4 is 15.8 Å². The van der Waals surface area contributed by atoms with Crippen molar-refractivity contribution in [3.05, 3.63) is 78.9 Å². The van der Waals surface area contributed by atoms with E-state index in [-0.39, 0.29) is 30.5 Å². The molecule has 0 aliphatic heterocycles. The Morgan fingerprint density at radius 2 is 1.65 bits per heavy atom. The van der Waals surface area contributed by atoms with E-state index in [9.17, 15) is 13.2 Å². The van der Waals surface area contributed by atoms with Gasteiger partial charge in [-0.2, -0.15) is 0 Å². The van der Waals surface area contributed by atoms with Crippen molar-refractivity contribution in [2.75, 3.05) is 20.2 Å². The minimum atomic E-state index is -3.85. The van der Waals surface area contributed by atoms with Crippen LogP contribution in [0.5, 0.6) is 0 Å². The molecule has 0 N–H and O–H groups in total. The summed E-state index contributed by atoms with van der Waals surface area (Å²) in [7, 11) is -1.95. The summed E-state index contributed by atoms with van der Waals surface area (Å²) in [6, 6.07) is 18.2. The van der Waals surface area contributed by atoms with Gasteiger partial charge in [0.05, 0.1) is 11.5 Å². The number of hydrogen-bond acceptors (Lipinski definition) is 5. The highest BCUT2D eigenvalue weighted by Gasteiger charge is 2.48. The van der Waals surface area contributed by atoms with E-state index < -0.39 is 26.5 Å². The van der Waals surface area contributed by atoms with Gasteiger partial charge in [-0.25, -0.2) is 8.42 Å². The van der Waals surface area contributed by atoms with Crippen LogP contribution in [0, 0.1) is 5.92 Å². The number of esters is 1. The third-order valence-electron chi connectivity index (χ3n) is 5.95. The molecule has 6 heteroatoms. The van der Waals surface area contributed by atoms with Crippen molar-refractivity contribution in [3.8, 4) is 0 Å². The van der Waals surface area contributed by atoms with Crippen LogP contribution in [-0.2, 0) is 19.4 Å². The van der Waals surface area contributed by atoms with Gasteiger partial charge in [0.1, 0.15) is 4.75 Å². The second-order valence-electron chi connectivity index (χ2n) is 7.89. The summed E-state index contributed by atoms with van der Waals surface area (Å²) < 4.78 is 31.6. The quantitative estimate of drug-likeness (QED) is 0.373. The van der Waals surface area contributed by atoms with E-state index in [0.29, 0.717) is 0 Å². The lowest BCUT2D eigenvalue weighted by atomic mass is 9.89.